The predicted molar refractivity (Wildman–Crippen MR) is 320 cm³/mol. The van der Waals surface area contributed by atoms with Gasteiger partial charge < -0.3 is 28.8 Å². The van der Waals surface area contributed by atoms with E-state index in [1.165, 1.54) is 122 Å². The molecule has 426 valence electrons. The average molecular weight is 1050 g/mol. The SMILES string of the molecule is CC/C=C\C/C=C\C/C=C\C/C=C\C/C=C\C/C=C\C/C=C\C/C=C\CCCCCCC(=O)NC(COP(=O)([O-])OCC[N+](C)(C)C)C(O)/C=C/CCCCCCCCCCCCCCCCCCCCCCC. The van der Waals surface area contributed by atoms with Crippen LogP contribution in [0.1, 0.15) is 245 Å². The Balaban J connectivity index is 4.30. The van der Waals surface area contributed by atoms with Crippen molar-refractivity contribution in [3.05, 3.63) is 109 Å². The summed E-state index contributed by atoms with van der Waals surface area (Å²) in [5.74, 6) is -0.224. The van der Waals surface area contributed by atoms with Gasteiger partial charge in [-0.15, -0.1) is 0 Å². The fourth-order valence-electron chi connectivity index (χ4n) is 8.29. The van der Waals surface area contributed by atoms with E-state index in [0.29, 0.717) is 17.4 Å². The van der Waals surface area contributed by atoms with E-state index < -0.39 is 26.6 Å². The number of nitrogens with one attached hydrogen (secondary N) is 1. The molecule has 1 amide bonds. The number of quaternary nitrogens is 1. The van der Waals surface area contributed by atoms with Crippen LogP contribution in [0.25, 0.3) is 0 Å². The number of aliphatic hydroxyl groups excluding tert-OH is 1. The van der Waals surface area contributed by atoms with Gasteiger partial charge in [-0.1, -0.05) is 264 Å². The van der Waals surface area contributed by atoms with E-state index in [2.05, 4.69) is 116 Å². The Bertz CT molecular complexity index is 1570. The summed E-state index contributed by atoms with van der Waals surface area (Å²) in [4.78, 5) is 25.5. The lowest BCUT2D eigenvalue weighted by Gasteiger charge is -2.29. The van der Waals surface area contributed by atoms with Crippen molar-refractivity contribution >= 4 is 13.7 Å². The van der Waals surface area contributed by atoms with Crippen molar-refractivity contribution in [2.45, 2.75) is 257 Å². The number of carbonyl (C=O) groups excluding carboxylic acids is 1. The zero-order valence-electron chi connectivity index (χ0n) is 48.5. The molecule has 0 saturated carbocycles. The minimum Gasteiger partial charge on any atom is -0.756 e. The third-order valence-electron chi connectivity index (χ3n) is 13.0. The van der Waals surface area contributed by atoms with Gasteiger partial charge in [-0.2, -0.15) is 0 Å². The second-order valence-corrected chi connectivity index (χ2v) is 22.7. The molecule has 9 heteroatoms. The highest BCUT2D eigenvalue weighted by Crippen LogP contribution is 2.38. The Hall–Kier alpha value is -2.84. The van der Waals surface area contributed by atoms with Gasteiger partial charge in [0.25, 0.3) is 7.82 Å². The first-order valence-electron chi connectivity index (χ1n) is 30.2. The number of carbonyl (C=O) groups is 1. The second-order valence-electron chi connectivity index (χ2n) is 21.3. The van der Waals surface area contributed by atoms with Gasteiger partial charge in [0, 0.05) is 6.42 Å². The zero-order valence-corrected chi connectivity index (χ0v) is 49.4. The number of amides is 1. The van der Waals surface area contributed by atoms with E-state index in [1.807, 2.05) is 27.2 Å². The van der Waals surface area contributed by atoms with Crippen molar-refractivity contribution in [3.8, 4) is 0 Å². The van der Waals surface area contributed by atoms with Crippen LogP contribution in [-0.2, 0) is 18.4 Å². The number of likely N-dealkylation sites (N-methyl/N-ethyl adjacent to an activating group) is 1. The van der Waals surface area contributed by atoms with Crippen molar-refractivity contribution in [2.75, 3.05) is 40.9 Å². The molecule has 0 heterocycles. The summed E-state index contributed by atoms with van der Waals surface area (Å²) in [5.41, 5.74) is 0. The summed E-state index contributed by atoms with van der Waals surface area (Å²) >= 11 is 0. The first kappa shape index (κ1) is 71.2. The smallest absolute Gasteiger partial charge is 0.268 e. The predicted octanol–water partition coefficient (Wildman–Crippen LogP) is 18.1. The van der Waals surface area contributed by atoms with Gasteiger partial charge in [-0.05, 0) is 83.5 Å². The first-order valence-corrected chi connectivity index (χ1v) is 31.7. The van der Waals surface area contributed by atoms with Crippen molar-refractivity contribution in [2.24, 2.45) is 0 Å². The molecule has 2 N–H and O–H groups in total. The Morgan fingerprint density at radius 1 is 0.486 bits per heavy atom. The summed E-state index contributed by atoms with van der Waals surface area (Å²) in [6.07, 6.45) is 80.2. The highest BCUT2D eigenvalue weighted by atomic mass is 31.2. The molecule has 8 nitrogen and oxygen atoms in total. The van der Waals surface area contributed by atoms with Gasteiger partial charge in [-0.25, -0.2) is 0 Å². The van der Waals surface area contributed by atoms with Crippen molar-refractivity contribution < 1.29 is 32.9 Å². The lowest BCUT2D eigenvalue weighted by atomic mass is 10.0. The quantitative estimate of drug-likeness (QED) is 0.0272. The van der Waals surface area contributed by atoms with Gasteiger partial charge in [0.2, 0.25) is 5.91 Å². The minimum atomic E-state index is -4.62. The van der Waals surface area contributed by atoms with E-state index in [-0.39, 0.29) is 12.5 Å². The summed E-state index contributed by atoms with van der Waals surface area (Å²) in [7, 11) is 1.23. The van der Waals surface area contributed by atoms with Crippen LogP contribution in [0.5, 0.6) is 0 Å². The molecule has 74 heavy (non-hydrogen) atoms. The lowest BCUT2D eigenvalue weighted by Crippen LogP contribution is -2.45. The molecule has 3 atom stereocenters. The van der Waals surface area contributed by atoms with E-state index in [4.69, 9.17) is 9.05 Å². The van der Waals surface area contributed by atoms with E-state index in [9.17, 15) is 19.4 Å². The van der Waals surface area contributed by atoms with Gasteiger partial charge in [0.15, 0.2) is 0 Å². The van der Waals surface area contributed by atoms with Crippen LogP contribution < -0.4 is 10.2 Å². The van der Waals surface area contributed by atoms with Crippen LogP contribution in [0.15, 0.2) is 109 Å². The molecule has 0 bridgehead atoms. The molecule has 0 fully saturated rings. The maximum atomic E-state index is 13.0. The van der Waals surface area contributed by atoms with Crippen LogP contribution in [0.2, 0.25) is 0 Å². The molecule has 0 radical (unpaired) electrons. The zero-order chi connectivity index (χ0) is 54.2. The molecular formula is C65H115N2O6P. The lowest BCUT2D eigenvalue weighted by molar-refractivity contribution is -0.870. The molecule has 0 aromatic rings. The maximum absolute atomic E-state index is 13.0. The van der Waals surface area contributed by atoms with Crippen molar-refractivity contribution in [1.29, 1.82) is 0 Å². The van der Waals surface area contributed by atoms with Crippen LogP contribution in [0.3, 0.4) is 0 Å². The number of nitrogens with zero attached hydrogens (tertiary/aromatic N) is 1. The summed E-state index contributed by atoms with van der Waals surface area (Å²) < 4.78 is 23.4. The molecule has 3 unspecified atom stereocenters. The monoisotopic (exact) mass is 1050 g/mol. The first-order chi connectivity index (χ1) is 36.0. The summed E-state index contributed by atoms with van der Waals surface area (Å²) in [6.45, 7) is 4.52. The van der Waals surface area contributed by atoms with Crippen molar-refractivity contribution in [3.63, 3.8) is 0 Å². The Labute approximate surface area is 457 Å². The molecular weight excluding hydrogens is 936 g/mol. The normalized spacial score (nSPS) is 14.6. The summed E-state index contributed by atoms with van der Waals surface area (Å²) in [6, 6.07) is -0.910. The molecule has 0 spiro atoms. The molecule has 0 rings (SSSR count). The highest BCUT2D eigenvalue weighted by Gasteiger charge is 2.23. The van der Waals surface area contributed by atoms with Gasteiger partial charge in [0.1, 0.15) is 13.2 Å². The number of aliphatic hydroxyl groups is 1. The number of hydrogen-bond acceptors (Lipinski definition) is 6. The topological polar surface area (TPSA) is 108 Å². The largest absolute Gasteiger partial charge is 0.756 e. The maximum Gasteiger partial charge on any atom is 0.268 e. The van der Waals surface area contributed by atoms with E-state index >= 15 is 0 Å². The van der Waals surface area contributed by atoms with E-state index in [1.54, 1.807) is 6.08 Å². The number of phosphoric acid groups is 1. The standard InChI is InChI=1S/C65H115N2O6P/c1-6-8-10-12-14-16-18-20-22-24-26-28-30-31-32-33-34-35-37-39-41-43-45-47-49-51-53-55-57-59-65(69)66-63(62-73-74(70,71)72-61-60-67(3,4)5)64(68)58-56-54-52-50-48-46-44-42-40-38-36-29-27-25-23-21-19-17-15-13-11-9-7-2/h8,10,14,16,20,22,26,28,31-32,34-35,39,41,45,47,56,58,63-64,68H,6-7,9,11-13,15,17-19,21,23-25,27,29-30,33,36-38,40,42-44,46,48-55,57,59-62H2,1-5H3,(H-,66,69,70,71)/b10-8-,16-14-,22-20-,28-26-,32-31-,35-34-,41-39-,47-45-,58-56+. The van der Waals surface area contributed by atoms with Gasteiger partial charge in [0.05, 0.1) is 39.9 Å². The Kier molecular flexibility index (Phi) is 52.8. The number of hydrogen-bond donors (Lipinski definition) is 2. The number of rotatable bonds is 54. The Morgan fingerprint density at radius 3 is 1.20 bits per heavy atom. The average Bonchev–Trinajstić information content (AvgIpc) is 3.36. The second kappa shape index (κ2) is 54.9. The van der Waals surface area contributed by atoms with Crippen LogP contribution in [0.4, 0.5) is 0 Å². The highest BCUT2D eigenvalue weighted by molar-refractivity contribution is 7.45. The van der Waals surface area contributed by atoms with Gasteiger partial charge >= 0.3 is 0 Å². The van der Waals surface area contributed by atoms with Gasteiger partial charge in [-0.3, -0.25) is 9.36 Å². The molecule has 0 aliphatic rings. The number of phosphoric ester groups is 1. The van der Waals surface area contributed by atoms with Crippen molar-refractivity contribution in [1.82, 2.24) is 5.32 Å². The fourth-order valence-corrected chi connectivity index (χ4v) is 9.01. The molecule has 0 aliphatic heterocycles. The third kappa shape index (κ3) is 56.9. The molecule has 0 aromatic carbocycles. The van der Waals surface area contributed by atoms with Crippen LogP contribution in [0, 0.1) is 0 Å². The Morgan fingerprint density at radius 2 is 0.824 bits per heavy atom. The third-order valence-corrected chi connectivity index (χ3v) is 14.0. The molecule has 0 aliphatic carbocycles. The minimum absolute atomic E-state index is 0.0121. The van der Waals surface area contributed by atoms with Crippen LogP contribution >= 0.6 is 7.82 Å². The van der Waals surface area contributed by atoms with Crippen LogP contribution in [-0.4, -0.2) is 68.5 Å². The van der Waals surface area contributed by atoms with E-state index in [0.717, 1.165) is 103 Å². The molecule has 0 aromatic heterocycles. The summed E-state index contributed by atoms with van der Waals surface area (Å²) in [5, 5.41) is 13.9. The number of unbranched alkanes of at least 4 members (excludes halogenated alkanes) is 25. The fraction of sp³-hybridized carbons (Fsp3) is 0.708. The number of allylic oxidation sites excluding steroid dienone is 17. The molecule has 0 saturated heterocycles.